The number of carbonyl (C=O) groups excluding carboxylic acids is 1. The fourth-order valence-electron chi connectivity index (χ4n) is 2.07. The van der Waals surface area contributed by atoms with Crippen molar-refractivity contribution in [2.45, 2.75) is 13.5 Å². The number of aromatic nitrogens is 2. The molecule has 0 atom stereocenters. The molecule has 0 saturated heterocycles. The molecule has 0 saturated carbocycles. The van der Waals surface area contributed by atoms with E-state index in [1.54, 1.807) is 12.3 Å². The third-order valence-electron chi connectivity index (χ3n) is 3.26. The molecule has 21 heavy (non-hydrogen) atoms. The van der Waals surface area contributed by atoms with Crippen molar-refractivity contribution in [1.29, 1.82) is 0 Å². The quantitative estimate of drug-likeness (QED) is 0.801. The van der Waals surface area contributed by atoms with Gasteiger partial charge in [-0.15, -0.1) is 0 Å². The smallest absolute Gasteiger partial charge is 0.270 e. The monoisotopic (exact) mass is 277 g/mol. The Morgan fingerprint density at radius 1 is 1.10 bits per heavy atom. The molecule has 1 N–H and O–H groups in total. The molecule has 4 heteroatoms. The number of benzene rings is 1. The summed E-state index contributed by atoms with van der Waals surface area (Å²) in [4.78, 5) is 20.7. The number of nitrogens with zero attached hydrogens (tertiary/aromatic N) is 2. The van der Waals surface area contributed by atoms with Crippen molar-refractivity contribution in [3.8, 4) is 0 Å². The third-order valence-corrected chi connectivity index (χ3v) is 3.26. The number of amides is 1. The number of nitrogens with one attached hydrogen (secondary N) is 1. The van der Waals surface area contributed by atoms with E-state index in [-0.39, 0.29) is 5.91 Å². The Morgan fingerprint density at radius 3 is 2.76 bits per heavy atom. The first-order chi connectivity index (χ1) is 10.2. The maximum atomic E-state index is 12.1. The summed E-state index contributed by atoms with van der Waals surface area (Å²) in [5.74, 6) is -0.179. The van der Waals surface area contributed by atoms with Crippen molar-refractivity contribution in [3.05, 3.63) is 71.7 Å². The summed E-state index contributed by atoms with van der Waals surface area (Å²) in [5.41, 5.74) is 3.17. The second-order valence-corrected chi connectivity index (χ2v) is 4.88. The van der Waals surface area contributed by atoms with E-state index in [0.717, 1.165) is 22.2 Å². The lowest BCUT2D eigenvalue weighted by Gasteiger charge is -2.06. The zero-order chi connectivity index (χ0) is 14.7. The van der Waals surface area contributed by atoms with Crippen molar-refractivity contribution in [2.75, 3.05) is 0 Å². The van der Waals surface area contributed by atoms with E-state index in [1.807, 2.05) is 49.4 Å². The van der Waals surface area contributed by atoms with Gasteiger partial charge in [0.05, 0.1) is 5.52 Å². The average Bonchev–Trinajstić information content (AvgIpc) is 2.53. The molecule has 1 amide bonds. The first-order valence-corrected chi connectivity index (χ1v) is 6.78. The normalized spacial score (nSPS) is 10.5. The maximum absolute atomic E-state index is 12.1. The third kappa shape index (κ3) is 3.05. The van der Waals surface area contributed by atoms with Crippen LogP contribution in [0.2, 0.25) is 0 Å². The van der Waals surface area contributed by atoms with Crippen molar-refractivity contribution in [2.24, 2.45) is 0 Å². The van der Waals surface area contributed by atoms with E-state index < -0.39 is 0 Å². The fraction of sp³-hybridized carbons (Fsp3) is 0.118. The predicted molar refractivity (Wildman–Crippen MR) is 81.9 cm³/mol. The van der Waals surface area contributed by atoms with Crippen molar-refractivity contribution >= 4 is 16.8 Å². The Morgan fingerprint density at radius 2 is 1.95 bits per heavy atom. The number of hydrogen-bond acceptors (Lipinski definition) is 3. The number of fused-ring (bicyclic) bond motifs is 1. The van der Waals surface area contributed by atoms with Crippen LogP contribution in [0.1, 0.15) is 21.7 Å². The van der Waals surface area contributed by atoms with E-state index in [1.165, 1.54) is 0 Å². The van der Waals surface area contributed by atoms with Crippen molar-refractivity contribution < 1.29 is 4.79 Å². The van der Waals surface area contributed by atoms with Crippen LogP contribution in [0, 0.1) is 6.92 Å². The van der Waals surface area contributed by atoms with Crippen LogP contribution in [0.3, 0.4) is 0 Å². The lowest BCUT2D eigenvalue weighted by molar-refractivity contribution is 0.0946. The molecule has 1 aromatic carbocycles. The molecule has 4 nitrogen and oxygen atoms in total. The van der Waals surface area contributed by atoms with Crippen molar-refractivity contribution in [1.82, 2.24) is 15.3 Å². The molecule has 0 aliphatic rings. The Hall–Kier alpha value is -2.75. The molecule has 0 radical (unpaired) electrons. The standard InChI is InChI=1S/C17H15N3O/c1-12-6-7-13(10-18-12)11-19-17(21)16-9-8-14-4-2-3-5-15(14)20-16/h2-10H,11H2,1H3,(H,19,21). The first kappa shape index (κ1) is 13.2. The minimum Gasteiger partial charge on any atom is -0.347 e. The van der Waals surface area contributed by atoms with E-state index in [9.17, 15) is 4.79 Å². The summed E-state index contributed by atoms with van der Waals surface area (Å²) in [6, 6.07) is 15.3. The van der Waals surface area contributed by atoms with Gasteiger partial charge in [-0.05, 0) is 30.7 Å². The van der Waals surface area contributed by atoms with Gasteiger partial charge in [0, 0.05) is 23.8 Å². The summed E-state index contributed by atoms with van der Waals surface area (Å²) >= 11 is 0. The van der Waals surface area contributed by atoms with E-state index in [2.05, 4.69) is 15.3 Å². The van der Waals surface area contributed by atoms with Gasteiger partial charge < -0.3 is 5.32 Å². The van der Waals surface area contributed by atoms with Crippen LogP contribution in [-0.4, -0.2) is 15.9 Å². The number of carbonyl (C=O) groups is 1. The molecule has 0 fully saturated rings. The van der Waals surface area contributed by atoms with Crippen LogP contribution in [0.5, 0.6) is 0 Å². The molecular formula is C17H15N3O. The molecule has 3 aromatic rings. The molecule has 104 valence electrons. The van der Waals surface area contributed by atoms with Gasteiger partial charge in [-0.1, -0.05) is 30.3 Å². The maximum Gasteiger partial charge on any atom is 0.270 e. The van der Waals surface area contributed by atoms with Gasteiger partial charge in [0.2, 0.25) is 0 Å². The molecule has 0 unspecified atom stereocenters. The van der Waals surface area contributed by atoms with Gasteiger partial charge in [-0.25, -0.2) is 4.98 Å². The lowest BCUT2D eigenvalue weighted by atomic mass is 10.2. The molecule has 0 aliphatic carbocycles. The molecule has 0 bridgehead atoms. The van der Waals surface area contributed by atoms with Crippen LogP contribution in [-0.2, 0) is 6.54 Å². The van der Waals surface area contributed by atoms with Crippen LogP contribution in [0.15, 0.2) is 54.7 Å². The number of aryl methyl sites for hydroxylation is 1. The summed E-state index contributed by atoms with van der Waals surface area (Å²) in [7, 11) is 0. The minimum atomic E-state index is -0.179. The fourth-order valence-corrected chi connectivity index (χ4v) is 2.07. The van der Waals surface area contributed by atoms with Crippen LogP contribution < -0.4 is 5.32 Å². The molecule has 0 aliphatic heterocycles. The van der Waals surface area contributed by atoms with E-state index >= 15 is 0 Å². The highest BCUT2D eigenvalue weighted by Crippen LogP contribution is 2.11. The Bertz CT molecular complexity index is 781. The van der Waals surface area contributed by atoms with E-state index in [0.29, 0.717) is 12.2 Å². The first-order valence-electron chi connectivity index (χ1n) is 6.78. The van der Waals surface area contributed by atoms with Gasteiger partial charge in [0.15, 0.2) is 0 Å². The van der Waals surface area contributed by atoms with Gasteiger partial charge in [-0.2, -0.15) is 0 Å². The number of para-hydroxylation sites is 1. The van der Waals surface area contributed by atoms with Crippen LogP contribution in [0.25, 0.3) is 10.9 Å². The highest BCUT2D eigenvalue weighted by atomic mass is 16.1. The van der Waals surface area contributed by atoms with Gasteiger partial charge in [0.1, 0.15) is 5.69 Å². The number of hydrogen-bond donors (Lipinski definition) is 1. The molecule has 2 aromatic heterocycles. The SMILES string of the molecule is Cc1ccc(CNC(=O)c2ccc3ccccc3n2)cn1. The topological polar surface area (TPSA) is 54.9 Å². The minimum absolute atomic E-state index is 0.179. The largest absolute Gasteiger partial charge is 0.347 e. The molecule has 3 rings (SSSR count). The summed E-state index contributed by atoms with van der Waals surface area (Å²) in [6.45, 7) is 2.38. The van der Waals surface area contributed by atoms with Crippen LogP contribution in [0.4, 0.5) is 0 Å². The molecule has 0 spiro atoms. The van der Waals surface area contributed by atoms with Gasteiger partial charge >= 0.3 is 0 Å². The number of pyridine rings is 2. The zero-order valence-electron chi connectivity index (χ0n) is 11.7. The molecule has 2 heterocycles. The average molecular weight is 277 g/mol. The van der Waals surface area contributed by atoms with Gasteiger partial charge in [-0.3, -0.25) is 9.78 Å². The highest BCUT2D eigenvalue weighted by Gasteiger charge is 2.07. The van der Waals surface area contributed by atoms with Crippen molar-refractivity contribution in [3.63, 3.8) is 0 Å². The number of rotatable bonds is 3. The Balaban J connectivity index is 1.73. The second kappa shape index (κ2) is 5.71. The van der Waals surface area contributed by atoms with Crippen LogP contribution >= 0.6 is 0 Å². The lowest BCUT2D eigenvalue weighted by Crippen LogP contribution is -2.23. The highest BCUT2D eigenvalue weighted by molar-refractivity contribution is 5.94. The Kier molecular flexibility index (Phi) is 3.60. The summed E-state index contributed by atoms with van der Waals surface area (Å²) < 4.78 is 0. The Labute approximate surface area is 122 Å². The zero-order valence-corrected chi connectivity index (χ0v) is 11.7. The van der Waals surface area contributed by atoms with Gasteiger partial charge in [0.25, 0.3) is 5.91 Å². The van der Waals surface area contributed by atoms with E-state index in [4.69, 9.17) is 0 Å². The second-order valence-electron chi connectivity index (χ2n) is 4.88. The molecular weight excluding hydrogens is 262 g/mol. The summed E-state index contributed by atoms with van der Waals surface area (Å²) in [5, 5.41) is 3.88. The predicted octanol–water partition coefficient (Wildman–Crippen LogP) is 2.87. The summed E-state index contributed by atoms with van der Waals surface area (Å²) in [6.07, 6.45) is 1.77.